The van der Waals surface area contributed by atoms with E-state index in [1.165, 1.54) is 24.3 Å². The van der Waals surface area contributed by atoms with Crippen molar-refractivity contribution in [2.45, 2.75) is 17.5 Å². The smallest absolute Gasteiger partial charge is 0.255 e. The van der Waals surface area contributed by atoms with E-state index < -0.39 is 34.7 Å². The number of fused-ring (bicyclic) bond motifs is 1. The Labute approximate surface area is 201 Å². The highest BCUT2D eigenvalue weighted by molar-refractivity contribution is 6.18. The Morgan fingerprint density at radius 2 is 0.914 bits per heavy atom. The van der Waals surface area contributed by atoms with Crippen molar-refractivity contribution in [1.29, 1.82) is 0 Å². The van der Waals surface area contributed by atoms with Gasteiger partial charge in [-0.2, -0.15) is 0 Å². The first-order valence-corrected chi connectivity index (χ1v) is 11.3. The lowest BCUT2D eigenvalue weighted by atomic mass is 9.63. The third-order valence-corrected chi connectivity index (χ3v) is 7.23. The van der Waals surface area contributed by atoms with Crippen LogP contribution in [0.25, 0.3) is 0 Å². The van der Waals surface area contributed by atoms with E-state index in [0.717, 1.165) is 32.1 Å². The lowest BCUT2D eigenvalue weighted by Gasteiger charge is -2.54. The minimum absolute atomic E-state index is 0.102. The number of carbonyl (C=O) groups excluding carboxylic acids is 4. The van der Waals surface area contributed by atoms with Crippen LogP contribution >= 0.6 is 0 Å². The molecule has 0 aromatic heterocycles. The maximum atomic E-state index is 13.4. The SMILES string of the molecule is O=C1C=CC(=O)N1C1(N2C(=O)C=CC2=O)Cc2ccccc2C1(c1ccccc1)c1ccccc1. The topological polar surface area (TPSA) is 74.8 Å². The summed E-state index contributed by atoms with van der Waals surface area (Å²) in [7, 11) is 0. The zero-order valence-electron chi connectivity index (χ0n) is 18.6. The van der Waals surface area contributed by atoms with Gasteiger partial charge < -0.3 is 0 Å². The van der Waals surface area contributed by atoms with Gasteiger partial charge in [-0.15, -0.1) is 0 Å². The van der Waals surface area contributed by atoms with Crippen LogP contribution in [0, 0.1) is 0 Å². The lowest BCUT2D eigenvalue weighted by molar-refractivity contribution is -0.168. The zero-order chi connectivity index (χ0) is 24.2. The molecule has 0 saturated carbocycles. The van der Waals surface area contributed by atoms with Crippen LogP contribution in [0.2, 0.25) is 0 Å². The van der Waals surface area contributed by atoms with Crippen LogP contribution < -0.4 is 0 Å². The Balaban J connectivity index is 1.83. The molecule has 0 unspecified atom stereocenters. The molecule has 3 aromatic rings. The van der Waals surface area contributed by atoms with Crippen molar-refractivity contribution in [2.75, 3.05) is 0 Å². The molecule has 170 valence electrons. The zero-order valence-corrected chi connectivity index (χ0v) is 18.6. The second-order valence-electron chi connectivity index (χ2n) is 8.82. The molecule has 1 aliphatic carbocycles. The molecule has 0 saturated heterocycles. The predicted molar refractivity (Wildman–Crippen MR) is 128 cm³/mol. The number of hydrogen-bond acceptors (Lipinski definition) is 4. The van der Waals surface area contributed by atoms with Gasteiger partial charge in [0.25, 0.3) is 23.6 Å². The van der Waals surface area contributed by atoms with Crippen molar-refractivity contribution in [3.05, 3.63) is 131 Å². The van der Waals surface area contributed by atoms with Crippen LogP contribution in [0.3, 0.4) is 0 Å². The Morgan fingerprint density at radius 1 is 0.514 bits per heavy atom. The molecular formula is C29H20N2O4. The molecule has 0 radical (unpaired) electrons. The Morgan fingerprint density at radius 3 is 1.37 bits per heavy atom. The van der Waals surface area contributed by atoms with Gasteiger partial charge in [0.15, 0.2) is 5.66 Å². The van der Waals surface area contributed by atoms with Crippen molar-refractivity contribution in [1.82, 2.24) is 9.80 Å². The summed E-state index contributed by atoms with van der Waals surface area (Å²) in [4.78, 5) is 55.8. The maximum Gasteiger partial charge on any atom is 0.255 e. The van der Waals surface area contributed by atoms with Gasteiger partial charge in [0, 0.05) is 30.7 Å². The molecule has 4 amide bonds. The second-order valence-corrected chi connectivity index (χ2v) is 8.82. The molecule has 3 aromatic carbocycles. The Kier molecular flexibility index (Phi) is 4.48. The average molecular weight is 460 g/mol. The molecule has 6 heteroatoms. The van der Waals surface area contributed by atoms with Gasteiger partial charge in [-0.3, -0.25) is 19.2 Å². The van der Waals surface area contributed by atoms with E-state index in [1.807, 2.05) is 84.9 Å². The summed E-state index contributed by atoms with van der Waals surface area (Å²) in [6.07, 6.45) is 4.91. The fourth-order valence-electron chi connectivity index (χ4n) is 6.09. The van der Waals surface area contributed by atoms with E-state index in [9.17, 15) is 19.2 Å². The van der Waals surface area contributed by atoms with Gasteiger partial charge in [-0.1, -0.05) is 84.9 Å². The number of amides is 4. The third-order valence-electron chi connectivity index (χ3n) is 7.23. The fraction of sp³-hybridized carbons (Fsp3) is 0.103. The van der Waals surface area contributed by atoms with Gasteiger partial charge in [-0.05, 0) is 22.3 Å². The highest BCUT2D eigenvalue weighted by Gasteiger charge is 2.70. The van der Waals surface area contributed by atoms with E-state index >= 15 is 0 Å². The van der Waals surface area contributed by atoms with Gasteiger partial charge in [-0.25, -0.2) is 9.80 Å². The second kappa shape index (κ2) is 7.46. The molecule has 6 rings (SSSR count). The molecule has 3 aliphatic rings. The van der Waals surface area contributed by atoms with Crippen LogP contribution in [-0.4, -0.2) is 39.1 Å². The summed E-state index contributed by atoms with van der Waals surface area (Å²) in [6.45, 7) is 0. The number of rotatable bonds is 4. The number of hydrogen-bond donors (Lipinski definition) is 0. The van der Waals surface area contributed by atoms with E-state index in [-0.39, 0.29) is 6.42 Å². The van der Waals surface area contributed by atoms with Crippen LogP contribution in [0.4, 0.5) is 0 Å². The summed E-state index contributed by atoms with van der Waals surface area (Å²) in [6, 6.07) is 26.6. The number of nitrogens with zero attached hydrogens (tertiary/aromatic N) is 2. The summed E-state index contributed by atoms with van der Waals surface area (Å²) < 4.78 is 0. The van der Waals surface area contributed by atoms with Crippen LogP contribution in [-0.2, 0) is 31.0 Å². The van der Waals surface area contributed by atoms with Crippen molar-refractivity contribution < 1.29 is 19.2 Å². The van der Waals surface area contributed by atoms with Gasteiger partial charge in [0.2, 0.25) is 0 Å². The standard InChI is InChI=1S/C29H20N2O4/c32-24-15-16-25(33)30(24)28(31-26(34)17-18-27(31)35)19-20-9-7-8-14-23(20)29(28,21-10-3-1-4-11-21)22-12-5-2-6-13-22/h1-18H,19H2. The number of benzene rings is 3. The molecule has 2 aliphatic heterocycles. The van der Waals surface area contributed by atoms with Gasteiger partial charge in [0.1, 0.15) is 0 Å². The number of imide groups is 2. The van der Waals surface area contributed by atoms with E-state index in [4.69, 9.17) is 0 Å². The minimum Gasteiger partial charge on any atom is -0.269 e. The van der Waals surface area contributed by atoms with Crippen molar-refractivity contribution >= 4 is 23.6 Å². The number of carbonyl (C=O) groups is 4. The highest BCUT2D eigenvalue weighted by atomic mass is 16.2. The first-order chi connectivity index (χ1) is 17.0. The monoisotopic (exact) mass is 460 g/mol. The van der Waals surface area contributed by atoms with Crippen LogP contribution in [0.15, 0.2) is 109 Å². The molecular weight excluding hydrogens is 440 g/mol. The van der Waals surface area contributed by atoms with Crippen molar-refractivity contribution in [3.63, 3.8) is 0 Å². The van der Waals surface area contributed by atoms with Gasteiger partial charge in [0.05, 0.1) is 5.41 Å². The van der Waals surface area contributed by atoms with E-state index in [2.05, 4.69) is 0 Å². The lowest BCUT2D eigenvalue weighted by Crippen LogP contribution is -2.73. The molecule has 0 bridgehead atoms. The molecule has 0 atom stereocenters. The van der Waals surface area contributed by atoms with E-state index in [0.29, 0.717) is 0 Å². The maximum absolute atomic E-state index is 13.4. The summed E-state index contributed by atoms with van der Waals surface area (Å²) in [5.41, 5.74) is 0.278. The molecule has 35 heavy (non-hydrogen) atoms. The Bertz CT molecular complexity index is 1340. The molecule has 0 N–H and O–H groups in total. The first-order valence-electron chi connectivity index (χ1n) is 11.3. The molecule has 6 nitrogen and oxygen atoms in total. The normalized spacial score (nSPS) is 19.7. The Hall–Kier alpha value is -4.58. The summed E-state index contributed by atoms with van der Waals surface area (Å²) >= 11 is 0. The summed E-state index contributed by atoms with van der Waals surface area (Å²) in [5, 5.41) is 0. The summed E-state index contributed by atoms with van der Waals surface area (Å²) in [5.74, 6) is -2.25. The van der Waals surface area contributed by atoms with E-state index in [1.54, 1.807) is 0 Å². The third kappa shape index (κ3) is 2.59. The van der Waals surface area contributed by atoms with Gasteiger partial charge >= 0.3 is 0 Å². The quantitative estimate of drug-likeness (QED) is 0.561. The first kappa shape index (κ1) is 21.0. The molecule has 2 heterocycles. The minimum atomic E-state index is -1.69. The predicted octanol–water partition coefficient (Wildman–Crippen LogP) is 3.12. The fourth-order valence-corrected chi connectivity index (χ4v) is 6.09. The van der Waals surface area contributed by atoms with Crippen molar-refractivity contribution in [2.24, 2.45) is 0 Å². The van der Waals surface area contributed by atoms with Crippen molar-refractivity contribution in [3.8, 4) is 0 Å². The van der Waals surface area contributed by atoms with Crippen LogP contribution in [0.1, 0.15) is 22.3 Å². The highest BCUT2D eigenvalue weighted by Crippen LogP contribution is 2.59. The average Bonchev–Trinajstić information content (AvgIpc) is 3.51. The molecule has 0 spiro atoms. The molecule has 0 fully saturated rings. The largest absolute Gasteiger partial charge is 0.269 e. The van der Waals surface area contributed by atoms with Crippen LogP contribution in [0.5, 0.6) is 0 Å².